The van der Waals surface area contributed by atoms with Crippen LogP contribution < -0.4 is 10.1 Å². The second-order valence-electron chi connectivity index (χ2n) is 7.92. The van der Waals surface area contributed by atoms with Crippen LogP contribution in [0, 0.1) is 13.8 Å². The Balaban J connectivity index is 1.69. The molecule has 1 aliphatic rings. The third-order valence-electron chi connectivity index (χ3n) is 5.65. The monoisotopic (exact) mass is 426 g/mol. The number of aryl methyl sites for hydroxylation is 2. The van der Waals surface area contributed by atoms with Crippen molar-refractivity contribution in [1.29, 1.82) is 0 Å². The van der Waals surface area contributed by atoms with E-state index in [4.69, 9.17) is 4.74 Å². The van der Waals surface area contributed by atoms with Crippen LogP contribution in [0.25, 0.3) is 5.57 Å². The molecule has 0 aromatic heterocycles. The number of methoxy groups -OCH3 is 1. The van der Waals surface area contributed by atoms with Crippen molar-refractivity contribution >= 4 is 23.1 Å². The van der Waals surface area contributed by atoms with Crippen molar-refractivity contribution in [3.05, 3.63) is 101 Å². The molecule has 0 fully saturated rings. The molecule has 1 aliphatic heterocycles. The zero-order valence-electron chi connectivity index (χ0n) is 18.5. The van der Waals surface area contributed by atoms with Gasteiger partial charge in [0, 0.05) is 12.2 Å². The summed E-state index contributed by atoms with van der Waals surface area (Å²) in [5.74, 6) is 0.142. The fourth-order valence-electron chi connectivity index (χ4n) is 3.94. The van der Waals surface area contributed by atoms with E-state index in [0.29, 0.717) is 29.9 Å². The predicted molar refractivity (Wildman–Crippen MR) is 126 cm³/mol. The minimum atomic E-state index is -0.309. The van der Waals surface area contributed by atoms with E-state index in [9.17, 15) is 9.59 Å². The van der Waals surface area contributed by atoms with Crippen LogP contribution in [-0.4, -0.2) is 30.4 Å². The molecule has 2 amide bonds. The highest BCUT2D eigenvalue weighted by Gasteiger charge is 2.39. The first-order valence-electron chi connectivity index (χ1n) is 10.6. The molecule has 1 heterocycles. The standard InChI is InChI=1S/C27H26N2O3/c1-18-9-14-23(19(2)17-18)24-25(28-21-10-12-22(32-3)13-11-21)27(31)29(26(24)30)16-15-20-7-5-4-6-8-20/h4-14,17,28H,15-16H2,1-3H3. The Bertz CT molecular complexity index is 1180. The molecule has 0 bridgehead atoms. The van der Waals surface area contributed by atoms with Crippen molar-refractivity contribution in [3.63, 3.8) is 0 Å². The minimum absolute atomic E-state index is 0.270. The normalized spacial score (nSPS) is 13.7. The van der Waals surface area contributed by atoms with Crippen LogP contribution in [0.5, 0.6) is 5.75 Å². The molecule has 0 atom stereocenters. The lowest BCUT2D eigenvalue weighted by Crippen LogP contribution is -2.34. The summed E-state index contributed by atoms with van der Waals surface area (Å²) in [6, 6.07) is 23.1. The van der Waals surface area contributed by atoms with Gasteiger partial charge in [-0.2, -0.15) is 0 Å². The maximum Gasteiger partial charge on any atom is 0.278 e. The maximum absolute atomic E-state index is 13.5. The Morgan fingerprint density at radius 2 is 1.59 bits per heavy atom. The summed E-state index contributed by atoms with van der Waals surface area (Å²) in [4.78, 5) is 28.2. The number of amides is 2. The molecular formula is C27H26N2O3. The Kier molecular flexibility index (Phi) is 6.08. The van der Waals surface area contributed by atoms with Crippen LogP contribution in [0.15, 0.2) is 78.5 Å². The van der Waals surface area contributed by atoms with E-state index in [1.165, 1.54) is 4.90 Å². The van der Waals surface area contributed by atoms with Crippen LogP contribution >= 0.6 is 0 Å². The van der Waals surface area contributed by atoms with Gasteiger partial charge in [0.25, 0.3) is 11.8 Å². The average molecular weight is 427 g/mol. The second kappa shape index (κ2) is 9.10. The molecule has 0 spiro atoms. The van der Waals surface area contributed by atoms with Gasteiger partial charge in [-0.3, -0.25) is 14.5 Å². The summed E-state index contributed by atoms with van der Waals surface area (Å²) < 4.78 is 5.22. The van der Waals surface area contributed by atoms with Crippen molar-refractivity contribution in [1.82, 2.24) is 4.90 Å². The van der Waals surface area contributed by atoms with E-state index in [1.807, 2.05) is 86.6 Å². The number of carbonyl (C=O) groups is 2. The number of nitrogens with zero attached hydrogens (tertiary/aromatic N) is 1. The van der Waals surface area contributed by atoms with Crippen LogP contribution in [0.1, 0.15) is 22.3 Å². The molecule has 5 heteroatoms. The van der Waals surface area contributed by atoms with Gasteiger partial charge in [-0.1, -0.05) is 54.1 Å². The van der Waals surface area contributed by atoms with E-state index in [2.05, 4.69) is 5.32 Å². The smallest absolute Gasteiger partial charge is 0.278 e. The molecular weight excluding hydrogens is 400 g/mol. The largest absolute Gasteiger partial charge is 0.497 e. The van der Waals surface area contributed by atoms with Crippen molar-refractivity contribution in [2.45, 2.75) is 20.3 Å². The number of carbonyl (C=O) groups excluding carboxylic acids is 2. The minimum Gasteiger partial charge on any atom is -0.497 e. The van der Waals surface area contributed by atoms with E-state index in [0.717, 1.165) is 28.0 Å². The van der Waals surface area contributed by atoms with Gasteiger partial charge < -0.3 is 10.1 Å². The molecule has 4 rings (SSSR count). The van der Waals surface area contributed by atoms with Crippen LogP contribution in [0.2, 0.25) is 0 Å². The molecule has 3 aromatic rings. The van der Waals surface area contributed by atoms with Gasteiger partial charge in [0.2, 0.25) is 0 Å². The highest BCUT2D eigenvalue weighted by atomic mass is 16.5. The summed E-state index contributed by atoms with van der Waals surface area (Å²) in [7, 11) is 1.60. The van der Waals surface area contributed by atoms with Crippen molar-refractivity contribution in [2.75, 3.05) is 19.0 Å². The number of rotatable bonds is 7. The van der Waals surface area contributed by atoms with E-state index in [-0.39, 0.29) is 11.8 Å². The molecule has 162 valence electrons. The first-order valence-corrected chi connectivity index (χ1v) is 10.6. The molecule has 5 nitrogen and oxygen atoms in total. The Morgan fingerprint density at radius 3 is 2.25 bits per heavy atom. The summed E-state index contributed by atoms with van der Waals surface area (Å²) in [5.41, 5.74) is 5.35. The Hall–Kier alpha value is -3.86. The number of anilines is 1. The lowest BCUT2D eigenvalue weighted by atomic mass is 9.97. The predicted octanol–water partition coefficient (Wildman–Crippen LogP) is 4.75. The third-order valence-corrected chi connectivity index (χ3v) is 5.65. The number of hydrogen-bond donors (Lipinski definition) is 1. The number of imide groups is 1. The van der Waals surface area contributed by atoms with Gasteiger partial charge in [0.15, 0.2) is 0 Å². The third kappa shape index (κ3) is 4.28. The second-order valence-corrected chi connectivity index (χ2v) is 7.92. The highest BCUT2D eigenvalue weighted by molar-refractivity contribution is 6.36. The summed E-state index contributed by atoms with van der Waals surface area (Å²) in [5, 5.41) is 3.20. The van der Waals surface area contributed by atoms with Gasteiger partial charge >= 0.3 is 0 Å². The summed E-state index contributed by atoms with van der Waals surface area (Å²) >= 11 is 0. The average Bonchev–Trinajstić information content (AvgIpc) is 3.03. The molecule has 0 saturated carbocycles. The van der Waals surface area contributed by atoms with E-state index >= 15 is 0 Å². The summed E-state index contributed by atoms with van der Waals surface area (Å²) in [6.07, 6.45) is 0.605. The van der Waals surface area contributed by atoms with E-state index in [1.54, 1.807) is 7.11 Å². The Labute approximate surface area is 188 Å². The SMILES string of the molecule is COc1ccc(NC2=C(c3ccc(C)cc3C)C(=O)N(CCc3ccccc3)C2=O)cc1. The van der Waals surface area contributed by atoms with Crippen molar-refractivity contribution in [3.8, 4) is 5.75 Å². The topological polar surface area (TPSA) is 58.6 Å². The lowest BCUT2D eigenvalue weighted by Gasteiger charge is -2.15. The number of nitrogens with one attached hydrogen (secondary N) is 1. The maximum atomic E-state index is 13.5. The first kappa shape index (κ1) is 21.4. The quantitative estimate of drug-likeness (QED) is 0.554. The molecule has 0 saturated heterocycles. The van der Waals surface area contributed by atoms with Gasteiger partial charge in [-0.25, -0.2) is 0 Å². The molecule has 1 N–H and O–H groups in total. The van der Waals surface area contributed by atoms with Crippen molar-refractivity contribution < 1.29 is 14.3 Å². The fourth-order valence-corrected chi connectivity index (χ4v) is 3.94. The van der Waals surface area contributed by atoms with Crippen molar-refractivity contribution in [2.24, 2.45) is 0 Å². The number of benzene rings is 3. The molecule has 3 aromatic carbocycles. The van der Waals surface area contributed by atoms with Crippen LogP contribution in [0.3, 0.4) is 0 Å². The molecule has 0 radical (unpaired) electrons. The molecule has 0 aliphatic carbocycles. The van der Waals surface area contributed by atoms with E-state index < -0.39 is 0 Å². The van der Waals surface area contributed by atoms with Gasteiger partial charge in [0.1, 0.15) is 11.4 Å². The fraction of sp³-hybridized carbons (Fsp3) is 0.185. The number of ether oxygens (including phenoxy) is 1. The summed E-state index contributed by atoms with van der Waals surface area (Å²) in [6.45, 7) is 4.30. The molecule has 0 unspecified atom stereocenters. The zero-order valence-corrected chi connectivity index (χ0v) is 18.5. The van der Waals surface area contributed by atoms with Gasteiger partial charge in [0.05, 0.1) is 12.7 Å². The van der Waals surface area contributed by atoms with Crippen LogP contribution in [-0.2, 0) is 16.0 Å². The Morgan fingerprint density at radius 1 is 0.875 bits per heavy atom. The first-order chi connectivity index (χ1) is 15.5. The van der Waals surface area contributed by atoms with Gasteiger partial charge in [-0.05, 0) is 61.2 Å². The lowest BCUT2D eigenvalue weighted by molar-refractivity contribution is -0.136. The zero-order chi connectivity index (χ0) is 22.7. The highest BCUT2D eigenvalue weighted by Crippen LogP contribution is 2.33. The van der Waals surface area contributed by atoms with Crippen LogP contribution in [0.4, 0.5) is 5.69 Å². The van der Waals surface area contributed by atoms with Gasteiger partial charge in [-0.15, -0.1) is 0 Å². The number of hydrogen-bond acceptors (Lipinski definition) is 4. The molecule has 32 heavy (non-hydrogen) atoms.